The van der Waals surface area contributed by atoms with Gasteiger partial charge in [0.25, 0.3) is 0 Å². The van der Waals surface area contributed by atoms with E-state index >= 15 is 0 Å². The van der Waals surface area contributed by atoms with Crippen LogP contribution in [0.1, 0.15) is 22.9 Å². The largest absolute Gasteiger partial charge is 0.479 e. The van der Waals surface area contributed by atoms with Crippen LogP contribution in [0.15, 0.2) is 24.4 Å². The third-order valence-electron chi connectivity index (χ3n) is 3.18. The highest BCUT2D eigenvalue weighted by molar-refractivity contribution is 5.79. The van der Waals surface area contributed by atoms with Crippen LogP contribution in [0.3, 0.4) is 0 Å². The van der Waals surface area contributed by atoms with E-state index in [0.29, 0.717) is 11.3 Å². The second-order valence-corrected chi connectivity index (χ2v) is 4.74. The fourth-order valence-corrected chi connectivity index (χ4v) is 2.06. The molecule has 0 saturated carbocycles. The summed E-state index contributed by atoms with van der Waals surface area (Å²) in [6.07, 6.45) is 1.51. The molecule has 1 unspecified atom stereocenters. The molecule has 0 bridgehead atoms. The van der Waals surface area contributed by atoms with Crippen LogP contribution in [0.2, 0.25) is 0 Å². The Morgan fingerprint density at radius 2 is 2.10 bits per heavy atom. The SMILES string of the molecule is Cc1cc(F)cc(NC(C(=O)O)c2cnn(C)c2C)c1. The molecule has 0 saturated heterocycles. The maximum atomic E-state index is 13.4. The number of nitrogens with zero attached hydrogens (tertiary/aromatic N) is 2. The van der Waals surface area contributed by atoms with Gasteiger partial charge in [-0.1, -0.05) is 0 Å². The molecule has 1 aromatic carbocycles. The van der Waals surface area contributed by atoms with Crippen molar-refractivity contribution < 1.29 is 14.3 Å². The molecule has 0 amide bonds. The number of hydrogen-bond donors (Lipinski definition) is 2. The monoisotopic (exact) mass is 277 g/mol. The Balaban J connectivity index is 2.35. The first kappa shape index (κ1) is 14.0. The normalized spacial score (nSPS) is 12.2. The van der Waals surface area contributed by atoms with Crippen molar-refractivity contribution in [3.8, 4) is 0 Å². The Hall–Kier alpha value is -2.37. The fraction of sp³-hybridized carbons (Fsp3) is 0.286. The number of carboxylic acids is 1. The maximum Gasteiger partial charge on any atom is 0.330 e. The summed E-state index contributed by atoms with van der Waals surface area (Å²) in [5.41, 5.74) is 2.46. The molecule has 0 aliphatic carbocycles. The molecule has 1 heterocycles. The van der Waals surface area contributed by atoms with Gasteiger partial charge in [0, 0.05) is 24.0 Å². The fourth-order valence-electron chi connectivity index (χ4n) is 2.06. The van der Waals surface area contributed by atoms with Crippen molar-refractivity contribution in [2.24, 2.45) is 7.05 Å². The Morgan fingerprint density at radius 1 is 1.40 bits per heavy atom. The molecule has 20 heavy (non-hydrogen) atoms. The number of carbonyl (C=O) groups is 1. The molecule has 0 spiro atoms. The maximum absolute atomic E-state index is 13.4. The summed E-state index contributed by atoms with van der Waals surface area (Å²) in [6.45, 7) is 3.54. The minimum Gasteiger partial charge on any atom is -0.479 e. The van der Waals surface area contributed by atoms with Crippen molar-refractivity contribution in [1.29, 1.82) is 0 Å². The number of hydrogen-bond acceptors (Lipinski definition) is 3. The minimum atomic E-state index is -1.04. The minimum absolute atomic E-state index is 0.403. The number of aromatic nitrogens is 2. The molecular weight excluding hydrogens is 261 g/mol. The Morgan fingerprint density at radius 3 is 2.60 bits per heavy atom. The number of halogens is 1. The van der Waals surface area contributed by atoms with E-state index in [0.717, 1.165) is 11.3 Å². The molecule has 0 radical (unpaired) electrons. The summed E-state index contributed by atoms with van der Waals surface area (Å²) in [7, 11) is 1.74. The van der Waals surface area contributed by atoms with Crippen LogP contribution in [-0.2, 0) is 11.8 Å². The van der Waals surface area contributed by atoms with E-state index in [2.05, 4.69) is 10.4 Å². The van der Waals surface area contributed by atoms with Crippen LogP contribution in [0, 0.1) is 19.7 Å². The highest BCUT2D eigenvalue weighted by atomic mass is 19.1. The average Bonchev–Trinajstić information content (AvgIpc) is 2.66. The van der Waals surface area contributed by atoms with Crippen molar-refractivity contribution in [2.45, 2.75) is 19.9 Å². The molecular formula is C14H16FN3O2. The smallest absolute Gasteiger partial charge is 0.330 e. The first-order chi connectivity index (χ1) is 9.38. The third kappa shape index (κ3) is 2.79. The summed E-state index contributed by atoms with van der Waals surface area (Å²) in [6, 6.07) is 3.39. The van der Waals surface area contributed by atoms with Gasteiger partial charge in [-0.25, -0.2) is 9.18 Å². The van der Waals surface area contributed by atoms with Gasteiger partial charge in [-0.05, 0) is 37.6 Å². The van der Waals surface area contributed by atoms with Crippen molar-refractivity contribution >= 4 is 11.7 Å². The van der Waals surface area contributed by atoms with E-state index in [4.69, 9.17) is 0 Å². The zero-order chi connectivity index (χ0) is 14.9. The molecule has 5 nitrogen and oxygen atoms in total. The van der Waals surface area contributed by atoms with Crippen LogP contribution in [-0.4, -0.2) is 20.9 Å². The lowest BCUT2D eigenvalue weighted by Crippen LogP contribution is -2.21. The molecule has 6 heteroatoms. The number of nitrogens with one attached hydrogen (secondary N) is 1. The van der Waals surface area contributed by atoms with Gasteiger partial charge in [0.05, 0.1) is 6.20 Å². The molecule has 0 fully saturated rings. The quantitative estimate of drug-likeness (QED) is 0.900. The van der Waals surface area contributed by atoms with Gasteiger partial charge in [-0.2, -0.15) is 5.10 Å². The number of aryl methyl sites for hydroxylation is 2. The van der Waals surface area contributed by atoms with Gasteiger partial charge in [-0.15, -0.1) is 0 Å². The lowest BCUT2D eigenvalue weighted by Gasteiger charge is -2.16. The predicted molar refractivity (Wildman–Crippen MR) is 73.1 cm³/mol. The van der Waals surface area contributed by atoms with Gasteiger partial charge in [-0.3, -0.25) is 4.68 Å². The van der Waals surface area contributed by atoms with Crippen LogP contribution in [0.4, 0.5) is 10.1 Å². The molecule has 0 aliphatic rings. The van der Waals surface area contributed by atoms with Crippen molar-refractivity contribution in [1.82, 2.24) is 9.78 Å². The van der Waals surface area contributed by atoms with E-state index in [1.165, 1.54) is 18.3 Å². The van der Waals surface area contributed by atoms with Gasteiger partial charge < -0.3 is 10.4 Å². The molecule has 0 aliphatic heterocycles. The zero-order valence-corrected chi connectivity index (χ0v) is 11.5. The average molecular weight is 277 g/mol. The summed E-state index contributed by atoms with van der Waals surface area (Å²) in [5, 5.41) is 16.2. The molecule has 2 N–H and O–H groups in total. The van der Waals surface area contributed by atoms with E-state index in [-0.39, 0.29) is 0 Å². The van der Waals surface area contributed by atoms with Gasteiger partial charge in [0.2, 0.25) is 0 Å². The molecule has 2 aromatic rings. The van der Waals surface area contributed by atoms with Crippen molar-refractivity contribution in [3.63, 3.8) is 0 Å². The summed E-state index contributed by atoms with van der Waals surface area (Å²) in [4.78, 5) is 11.4. The number of carboxylic acid groups (broad SMARTS) is 1. The van der Waals surface area contributed by atoms with E-state index in [1.54, 1.807) is 31.6 Å². The highest BCUT2D eigenvalue weighted by Gasteiger charge is 2.24. The molecule has 1 atom stereocenters. The lowest BCUT2D eigenvalue weighted by atomic mass is 10.1. The summed E-state index contributed by atoms with van der Waals surface area (Å²) >= 11 is 0. The predicted octanol–water partition coefficient (Wildman–Crippen LogP) is 2.41. The highest BCUT2D eigenvalue weighted by Crippen LogP contribution is 2.23. The van der Waals surface area contributed by atoms with Crippen LogP contribution in [0.25, 0.3) is 0 Å². The standard InChI is InChI=1S/C14H16FN3O2/c1-8-4-10(15)6-11(5-8)17-13(14(19)20)12-7-16-18(3)9(12)2/h4-7,13,17H,1-3H3,(H,19,20). The van der Waals surface area contributed by atoms with Gasteiger partial charge in [0.1, 0.15) is 5.82 Å². The van der Waals surface area contributed by atoms with Crippen molar-refractivity contribution in [2.75, 3.05) is 5.32 Å². The van der Waals surface area contributed by atoms with Crippen LogP contribution >= 0.6 is 0 Å². The van der Waals surface area contributed by atoms with E-state index in [1.807, 2.05) is 0 Å². The lowest BCUT2D eigenvalue weighted by molar-refractivity contribution is -0.138. The van der Waals surface area contributed by atoms with E-state index in [9.17, 15) is 14.3 Å². The summed E-state index contributed by atoms with van der Waals surface area (Å²) in [5.74, 6) is -1.44. The Labute approximate surface area is 116 Å². The topological polar surface area (TPSA) is 67.2 Å². The Bertz CT molecular complexity index is 632. The first-order valence-electron chi connectivity index (χ1n) is 6.13. The van der Waals surface area contributed by atoms with E-state index < -0.39 is 17.8 Å². The van der Waals surface area contributed by atoms with Crippen LogP contribution < -0.4 is 5.32 Å². The summed E-state index contributed by atoms with van der Waals surface area (Å²) < 4.78 is 15.0. The zero-order valence-electron chi connectivity index (χ0n) is 11.5. The molecule has 1 aromatic heterocycles. The second kappa shape index (κ2) is 5.32. The number of rotatable bonds is 4. The first-order valence-corrected chi connectivity index (χ1v) is 6.13. The number of aliphatic carboxylic acids is 1. The number of benzene rings is 1. The number of anilines is 1. The molecule has 2 rings (SSSR count). The Kier molecular flexibility index (Phi) is 3.74. The van der Waals surface area contributed by atoms with Crippen molar-refractivity contribution in [3.05, 3.63) is 47.0 Å². The van der Waals surface area contributed by atoms with Crippen LogP contribution in [0.5, 0.6) is 0 Å². The van der Waals surface area contributed by atoms with Gasteiger partial charge in [0.15, 0.2) is 6.04 Å². The molecule has 106 valence electrons. The third-order valence-corrected chi connectivity index (χ3v) is 3.18. The second-order valence-electron chi connectivity index (χ2n) is 4.74. The van der Waals surface area contributed by atoms with Gasteiger partial charge >= 0.3 is 5.97 Å².